The van der Waals surface area contributed by atoms with Gasteiger partial charge in [0, 0.05) is 5.56 Å². The summed E-state index contributed by atoms with van der Waals surface area (Å²) in [6, 6.07) is 16.8. The Bertz CT molecular complexity index is 789. The van der Waals surface area contributed by atoms with E-state index in [4.69, 9.17) is 11.6 Å². The average Bonchev–Trinajstić information content (AvgIpc) is 3.03. The summed E-state index contributed by atoms with van der Waals surface area (Å²) in [4.78, 5) is 12.1. The van der Waals surface area contributed by atoms with Crippen molar-refractivity contribution in [1.29, 1.82) is 0 Å². The van der Waals surface area contributed by atoms with E-state index in [0.717, 1.165) is 15.6 Å². The van der Waals surface area contributed by atoms with E-state index in [2.05, 4.69) is 15.5 Å². The molecule has 6 heteroatoms. The Balaban J connectivity index is 1.67. The largest absolute Gasteiger partial charge is 0.345 e. The number of nitrogens with zero attached hydrogens (tertiary/aromatic N) is 2. The zero-order chi connectivity index (χ0) is 15.4. The van der Waals surface area contributed by atoms with E-state index in [0.29, 0.717) is 17.1 Å². The third kappa shape index (κ3) is 3.32. The molecule has 0 fully saturated rings. The zero-order valence-electron chi connectivity index (χ0n) is 11.5. The number of aromatic nitrogens is 2. The van der Waals surface area contributed by atoms with Crippen molar-refractivity contribution in [2.45, 2.75) is 6.54 Å². The number of amides is 1. The van der Waals surface area contributed by atoms with Crippen LogP contribution in [-0.4, -0.2) is 16.1 Å². The van der Waals surface area contributed by atoms with Gasteiger partial charge in [0.15, 0.2) is 0 Å². The lowest BCUT2D eigenvalue weighted by Crippen LogP contribution is -2.22. The van der Waals surface area contributed by atoms with Crippen LogP contribution in [-0.2, 0) is 6.54 Å². The Hall–Kier alpha value is -2.24. The molecule has 22 heavy (non-hydrogen) atoms. The Morgan fingerprint density at radius 3 is 2.55 bits per heavy atom. The van der Waals surface area contributed by atoms with Crippen molar-refractivity contribution >= 4 is 28.8 Å². The molecule has 0 unspecified atom stereocenters. The third-order valence-electron chi connectivity index (χ3n) is 3.01. The van der Waals surface area contributed by atoms with Gasteiger partial charge >= 0.3 is 0 Å². The van der Waals surface area contributed by atoms with Crippen molar-refractivity contribution in [1.82, 2.24) is 15.5 Å². The van der Waals surface area contributed by atoms with Crippen molar-refractivity contribution in [3.05, 3.63) is 70.2 Å². The van der Waals surface area contributed by atoms with Crippen LogP contribution < -0.4 is 5.32 Å². The highest BCUT2D eigenvalue weighted by atomic mass is 35.5. The van der Waals surface area contributed by atoms with Gasteiger partial charge in [0.25, 0.3) is 5.91 Å². The molecular formula is C16H12ClN3OS. The maximum absolute atomic E-state index is 12.1. The van der Waals surface area contributed by atoms with E-state index in [-0.39, 0.29) is 5.91 Å². The Kier molecular flexibility index (Phi) is 4.46. The van der Waals surface area contributed by atoms with Gasteiger partial charge < -0.3 is 5.32 Å². The maximum atomic E-state index is 12.1. The van der Waals surface area contributed by atoms with Crippen LogP contribution in [0.25, 0.3) is 10.6 Å². The fourth-order valence-corrected chi connectivity index (χ4v) is 2.93. The minimum Gasteiger partial charge on any atom is -0.345 e. The van der Waals surface area contributed by atoms with Crippen molar-refractivity contribution in [2.75, 3.05) is 0 Å². The van der Waals surface area contributed by atoms with E-state index in [9.17, 15) is 4.79 Å². The molecule has 1 N–H and O–H groups in total. The first-order chi connectivity index (χ1) is 10.7. The molecule has 0 radical (unpaired) electrons. The van der Waals surface area contributed by atoms with Gasteiger partial charge in [-0.2, -0.15) is 0 Å². The molecule has 1 amide bonds. The van der Waals surface area contributed by atoms with Crippen molar-refractivity contribution in [2.24, 2.45) is 0 Å². The van der Waals surface area contributed by atoms with Crippen LogP contribution in [0, 0.1) is 0 Å². The molecule has 110 valence electrons. The standard InChI is InChI=1S/C16H12ClN3OS/c17-13-9-5-4-8-12(13)15(21)18-10-14-19-20-16(22-14)11-6-2-1-3-7-11/h1-9H,10H2,(H,18,21). The van der Waals surface area contributed by atoms with Crippen molar-refractivity contribution < 1.29 is 4.79 Å². The smallest absolute Gasteiger partial charge is 0.253 e. The van der Waals surface area contributed by atoms with Crippen LogP contribution in [0.15, 0.2) is 54.6 Å². The van der Waals surface area contributed by atoms with Gasteiger partial charge in [-0.1, -0.05) is 65.4 Å². The number of carbonyl (C=O) groups is 1. The summed E-state index contributed by atoms with van der Waals surface area (Å²) in [5.41, 5.74) is 1.47. The van der Waals surface area contributed by atoms with Crippen molar-refractivity contribution in [3.63, 3.8) is 0 Å². The first kappa shape index (κ1) is 14.7. The van der Waals surface area contributed by atoms with E-state index < -0.39 is 0 Å². The summed E-state index contributed by atoms with van der Waals surface area (Å²) in [5.74, 6) is -0.220. The molecule has 0 aliphatic carbocycles. The van der Waals surface area contributed by atoms with Gasteiger partial charge in [0.2, 0.25) is 0 Å². The summed E-state index contributed by atoms with van der Waals surface area (Å²) in [5, 5.41) is 13.1. The van der Waals surface area contributed by atoms with E-state index in [1.807, 2.05) is 30.3 Å². The molecule has 3 rings (SSSR count). The molecule has 4 nitrogen and oxygen atoms in total. The second-order valence-corrected chi connectivity index (χ2v) is 6.00. The highest BCUT2D eigenvalue weighted by Crippen LogP contribution is 2.23. The van der Waals surface area contributed by atoms with E-state index in [1.54, 1.807) is 24.3 Å². The first-order valence-electron chi connectivity index (χ1n) is 6.64. The minimum absolute atomic E-state index is 0.220. The third-order valence-corrected chi connectivity index (χ3v) is 4.31. The zero-order valence-corrected chi connectivity index (χ0v) is 13.1. The highest BCUT2D eigenvalue weighted by Gasteiger charge is 2.11. The van der Waals surface area contributed by atoms with Crippen molar-refractivity contribution in [3.8, 4) is 10.6 Å². The van der Waals surface area contributed by atoms with Gasteiger partial charge in [-0.25, -0.2) is 0 Å². The predicted octanol–water partition coefficient (Wildman–Crippen LogP) is 3.79. The van der Waals surface area contributed by atoms with Crippen LogP contribution in [0.5, 0.6) is 0 Å². The summed E-state index contributed by atoms with van der Waals surface area (Å²) >= 11 is 7.46. The lowest BCUT2D eigenvalue weighted by molar-refractivity contribution is 0.0951. The molecule has 0 bridgehead atoms. The van der Waals surface area contributed by atoms with Gasteiger partial charge in [0.05, 0.1) is 17.1 Å². The molecule has 1 heterocycles. The molecule has 0 atom stereocenters. The molecule has 0 aliphatic rings. The molecule has 0 saturated heterocycles. The van der Waals surface area contributed by atoms with Crippen LogP contribution in [0.2, 0.25) is 5.02 Å². The van der Waals surface area contributed by atoms with Gasteiger partial charge in [-0.3, -0.25) is 4.79 Å². The Morgan fingerprint density at radius 2 is 1.77 bits per heavy atom. The maximum Gasteiger partial charge on any atom is 0.253 e. The number of halogens is 1. The fraction of sp³-hybridized carbons (Fsp3) is 0.0625. The lowest BCUT2D eigenvalue weighted by atomic mass is 10.2. The molecular weight excluding hydrogens is 318 g/mol. The van der Waals surface area contributed by atoms with Gasteiger partial charge in [-0.15, -0.1) is 10.2 Å². The normalized spacial score (nSPS) is 10.4. The van der Waals surface area contributed by atoms with Gasteiger partial charge in [-0.05, 0) is 12.1 Å². The number of hydrogen-bond acceptors (Lipinski definition) is 4. The summed E-state index contributed by atoms with van der Waals surface area (Å²) in [6.07, 6.45) is 0. The summed E-state index contributed by atoms with van der Waals surface area (Å²) in [6.45, 7) is 0.328. The van der Waals surface area contributed by atoms with Crippen LogP contribution in [0.1, 0.15) is 15.4 Å². The average molecular weight is 330 g/mol. The topological polar surface area (TPSA) is 54.9 Å². The molecule has 1 aromatic heterocycles. The quantitative estimate of drug-likeness (QED) is 0.792. The fourth-order valence-electron chi connectivity index (χ4n) is 1.92. The number of hydrogen-bond donors (Lipinski definition) is 1. The number of benzene rings is 2. The molecule has 3 aromatic rings. The second-order valence-electron chi connectivity index (χ2n) is 4.53. The van der Waals surface area contributed by atoms with Gasteiger partial charge in [0.1, 0.15) is 10.0 Å². The molecule has 0 aliphatic heterocycles. The number of rotatable bonds is 4. The Labute approximate surface area is 136 Å². The minimum atomic E-state index is -0.220. The molecule has 0 spiro atoms. The SMILES string of the molecule is O=C(NCc1nnc(-c2ccccc2)s1)c1ccccc1Cl. The highest BCUT2D eigenvalue weighted by molar-refractivity contribution is 7.14. The monoisotopic (exact) mass is 329 g/mol. The number of carbonyl (C=O) groups excluding carboxylic acids is 1. The predicted molar refractivity (Wildman–Crippen MR) is 88.0 cm³/mol. The second kappa shape index (κ2) is 6.68. The molecule has 2 aromatic carbocycles. The van der Waals surface area contributed by atoms with Crippen LogP contribution in [0.4, 0.5) is 0 Å². The lowest BCUT2D eigenvalue weighted by Gasteiger charge is -2.04. The number of nitrogens with one attached hydrogen (secondary N) is 1. The first-order valence-corrected chi connectivity index (χ1v) is 7.84. The molecule has 0 saturated carbocycles. The summed E-state index contributed by atoms with van der Waals surface area (Å²) in [7, 11) is 0. The van der Waals surface area contributed by atoms with E-state index >= 15 is 0 Å². The summed E-state index contributed by atoms with van der Waals surface area (Å²) < 4.78 is 0. The van der Waals surface area contributed by atoms with Crippen LogP contribution in [0.3, 0.4) is 0 Å². The Morgan fingerprint density at radius 1 is 1.05 bits per heavy atom. The van der Waals surface area contributed by atoms with E-state index in [1.165, 1.54) is 11.3 Å². The van der Waals surface area contributed by atoms with Crippen LogP contribution >= 0.6 is 22.9 Å².